The molecule has 0 heterocycles. The summed E-state index contributed by atoms with van der Waals surface area (Å²) in [7, 11) is 0. The fourth-order valence-corrected chi connectivity index (χ4v) is 5.56. The summed E-state index contributed by atoms with van der Waals surface area (Å²) >= 11 is 7.92. The van der Waals surface area contributed by atoms with E-state index in [1.807, 2.05) is 12.2 Å². The topological polar surface area (TPSA) is 77.8 Å². The van der Waals surface area contributed by atoms with Gasteiger partial charge in [-0.05, 0) is 49.7 Å². The van der Waals surface area contributed by atoms with E-state index in [2.05, 4.69) is 0 Å². The highest BCUT2D eigenvalue weighted by atomic mass is 35.5. The minimum atomic E-state index is -0.767. The van der Waals surface area contributed by atoms with Gasteiger partial charge in [0.1, 0.15) is 0 Å². The Bertz CT molecular complexity index is 453. The predicted octanol–water partition coefficient (Wildman–Crippen LogP) is 4.08. The number of carboxylic acids is 1. The van der Waals surface area contributed by atoms with Crippen molar-refractivity contribution in [1.29, 1.82) is 0 Å². The smallest absolute Gasteiger partial charge is 0.313 e. The van der Waals surface area contributed by atoms with Gasteiger partial charge in [0.15, 0.2) is 0 Å². The summed E-state index contributed by atoms with van der Waals surface area (Å²) in [6.45, 7) is 0. The number of aliphatic hydroxyl groups excluding tert-OH is 2. The Morgan fingerprint density at radius 3 is 2.65 bits per heavy atom. The normalized spacial score (nSPS) is 31.5. The van der Waals surface area contributed by atoms with Crippen LogP contribution in [-0.4, -0.2) is 50.4 Å². The highest BCUT2D eigenvalue weighted by Crippen LogP contribution is 2.40. The van der Waals surface area contributed by atoms with Gasteiger partial charge < -0.3 is 15.3 Å². The summed E-state index contributed by atoms with van der Waals surface area (Å²) in [6, 6.07) is 0. The third kappa shape index (κ3) is 7.06. The molecular formula is C20H33ClO4S. The lowest BCUT2D eigenvalue weighted by Gasteiger charge is -2.25. The van der Waals surface area contributed by atoms with E-state index in [4.69, 9.17) is 16.7 Å². The molecule has 0 radical (unpaired) electrons. The number of thioether (sulfide) groups is 1. The predicted molar refractivity (Wildman–Crippen MR) is 108 cm³/mol. The number of carbonyl (C=O) groups is 1. The van der Waals surface area contributed by atoms with Crippen LogP contribution in [0.5, 0.6) is 0 Å². The minimum absolute atomic E-state index is 0.0161. The average molecular weight is 405 g/mol. The van der Waals surface area contributed by atoms with Crippen LogP contribution in [0.4, 0.5) is 0 Å². The van der Waals surface area contributed by atoms with Crippen molar-refractivity contribution in [3.05, 3.63) is 12.2 Å². The molecule has 2 fully saturated rings. The maximum Gasteiger partial charge on any atom is 0.313 e. The van der Waals surface area contributed by atoms with Crippen LogP contribution in [0.2, 0.25) is 0 Å². The van der Waals surface area contributed by atoms with Crippen LogP contribution in [-0.2, 0) is 4.79 Å². The van der Waals surface area contributed by atoms with Gasteiger partial charge in [-0.15, -0.1) is 11.6 Å². The minimum Gasteiger partial charge on any atom is -0.481 e. The maximum atomic E-state index is 10.5. The van der Waals surface area contributed by atoms with Gasteiger partial charge in [0, 0.05) is 11.3 Å². The van der Waals surface area contributed by atoms with Crippen molar-refractivity contribution >= 4 is 29.3 Å². The molecule has 0 aromatic heterocycles. The number of halogens is 1. The SMILES string of the molecule is O=C(O)CSCCCCC1[C@H](Cl)C[C@@H](O)[C@@H]1/C=C/[C@@H](O)C1CCCCC1. The van der Waals surface area contributed by atoms with E-state index >= 15 is 0 Å². The van der Waals surface area contributed by atoms with Crippen molar-refractivity contribution in [2.75, 3.05) is 11.5 Å². The van der Waals surface area contributed by atoms with E-state index in [1.54, 1.807) is 0 Å². The lowest BCUT2D eigenvalue weighted by atomic mass is 9.84. The highest BCUT2D eigenvalue weighted by molar-refractivity contribution is 7.99. The first-order chi connectivity index (χ1) is 12.5. The molecule has 4 nitrogen and oxygen atoms in total. The molecule has 2 saturated carbocycles. The van der Waals surface area contributed by atoms with Crippen LogP contribution in [0.3, 0.4) is 0 Å². The van der Waals surface area contributed by atoms with E-state index in [9.17, 15) is 15.0 Å². The molecular weight excluding hydrogens is 372 g/mol. The number of unbranched alkanes of at least 4 members (excludes halogenated alkanes) is 1. The molecule has 0 spiro atoms. The van der Waals surface area contributed by atoms with E-state index in [-0.39, 0.29) is 23.0 Å². The highest BCUT2D eigenvalue weighted by Gasteiger charge is 2.39. The third-order valence-corrected chi connectivity index (χ3v) is 7.37. The van der Waals surface area contributed by atoms with Crippen molar-refractivity contribution in [3.63, 3.8) is 0 Å². The number of aliphatic hydroxyl groups is 2. The summed E-state index contributed by atoms with van der Waals surface area (Å²) in [5.74, 6) is 0.833. The Labute approximate surface area is 166 Å². The second-order valence-corrected chi connectivity index (χ2v) is 9.44. The van der Waals surface area contributed by atoms with Crippen LogP contribution in [0.25, 0.3) is 0 Å². The molecule has 3 N–H and O–H groups in total. The maximum absolute atomic E-state index is 10.5. The van der Waals surface area contributed by atoms with E-state index < -0.39 is 18.2 Å². The molecule has 26 heavy (non-hydrogen) atoms. The molecule has 0 aliphatic heterocycles. The molecule has 2 aliphatic carbocycles. The summed E-state index contributed by atoms with van der Waals surface area (Å²) < 4.78 is 0. The molecule has 0 bridgehead atoms. The number of alkyl halides is 1. The van der Waals surface area contributed by atoms with Gasteiger partial charge in [-0.3, -0.25) is 4.79 Å². The van der Waals surface area contributed by atoms with Crippen molar-refractivity contribution in [3.8, 4) is 0 Å². The second-order valence-electron chi connectivity index (χ2n) is 7.78. The number of rotatable bonds is 10. The van der Waals surface area contributed by atoms with Gasteiger partial charge >= 0.3 is 5.97 Å². The van der Waals surface area contributed by atoms with Crippen molar-refractivity contribution < 1.29 is 20.1 Å². The molecule has 2 rings (SSSR count). The Kier molecular flexibility index (Phi) is 9.82. The Morgan fingerprint density at radius 2 is 1.96 bits per heavy atom. The standard InChI is InChI=1S/C20H33ClO4S/c21-17-12-19(23)16(9-10-18(22)14-6-2-1-3-7-14)15(17)8-4-5-11-26-13-20(24)25/h9-10,14-19,22-23H,1-8,11-13H2,(H,24,25)/b10-9+/t15?,16-,17-,18-,19-/m1/s1. The van der Waals surface area contributed by atoms with Crippen LogP contribution in [0.15, 0.2) is 12.2 Å². The lowest BCUT2D eigenvalue weighted by molar-refractivity contribution is -0.133. The van der Waals surface area contributed by atoms with Crippen LogP contribution < -0.4 is 0 Å². The molecule has 0 aromatic carbocycles. The summed E-state index contributed by atoms with van der Waals surface area (Å²) in [4.78, 5) is 10.5. The first-order valence-corrected chi connectivity index (χ1v) is 11.6. The van der Waals surface area contributed by atoms with Crippen LogP contribution in [0, 0.1) is 17.8 Å². The largest absolute Gasteiger partial charge is 0.481 e. The van der Waals surface area contributed by atoms with Gasteiger partial charge in [0.2, 0.25) is 0 Å². The number of carboxylic acid groups (broad SMARTS) is 1. The Balaban J connectivity index is 1.78. The quantitative estimate of drug-likeness (QED) is 0.290. The monoisotopic (exact) mass is 404 g/mol. The molecule has 2 aliphatic rings. The number of hydrogen-bond donors (Lipinski definition) is 3. The zero-order valence-electron chi connectivity index (χ0n) is 15.4. The molecule has 1 unspecified atom stereocenters. The Morgan fingerprint density at radius 1 is 1.23 bits per heavy atom. The molecule has 0 aromatic rings. The molecule has 0 amide bonds. The fourth-order valence-electron chi connectivity index (χ4n) is 4.35. The van der Waals surface area contributed by atoms with Gasteiger partial charge in [-0.25, -0.2) is 0 Å². The molecule has 150 valence electrons. The van der Waals surface area contributed by atoms with E-state index in [0.29, 0.717) is 12.3 Å². The fraction of sp³-hybridized carbons (Fsp3) is 0.850. The van der Waals surface area contributed by atoms with E-state index in [0.717, 1.165) is 37.9 Å². The third-order valence-electron chi connectivity index (χ3n) is 5.83. The summed E-state index contributed by atoms with van der Waals surface area (Å²) in [5, 5.41) is 29.4. The summed E-state index contributed by atoms with van der Waals surface area (Å²) in [5.41, 5.74) is 0. The van der Waals surface area contributed by atoms with E-state index in [1.165, 1.54) is 31.0 Å². The van der Waals surface area contributed by atoms with Gasteiger partial charge in [-0.1, -0.05) is 37.8 Å². The zero-order valence-corrected chi connectivity index (χ0v) is 17.0. The van der Waals surface area contributed by atoms with Crippen LogP contribution >= 0.6 is 23.4 Å². The summed E-state index contributed by atoms with van der Waals surface area (Å²) in [6.07, 6.45) is 12.4. The molecule has 6 heteroatoms. The second kappa shape index (κ2) is 11.6. The number of hydrogen-bond acceptors (Lipinski definition) is 4. The first kappa shape index (κ1) is 22.1. The van der Waals surface area contributed by atoms with Crippen molar-refractivity contribution in [2.45, 2.75) is 75.4 Å². The zero-order chi connectivity index (χ0) is 18.9. The van der Waals surface area contributed by atoms with Gasteiger partial charge in [0.05, 0.1) is 18.0 Å². The van der Waals surface area contributed by atoms with Gasteiger partial charge in [0.25, 0.3) is 0 Å². The Hall–Kier alpha value is -0.230. The van der Waals surface area contributed by atoms with Gasteiger partial charge in [-0.2, -0.15) is 11.8 Å². The first-order valence-electron chi connectivity index (χ1n) is 9.97. The van der Waals surface area contributed by atoms with Crippen molar-refractivity contribution in [2.24, 2.45) is 17.8 Å². The number of aliphatic carboxylic acids is 1. The molecule has 0 saturated heterocycles. The lowest BCUT2D eigenvalue weighted by Crippen LogP contribution is -2.23. The van der Waals surface area contributed by atoms with Crippen molar-refractivity contribution in [1.82, 2.24) is 0 Å². The molecule has 5 atom stereocenters. The van der Waals surface area contributed by atoms with Crippen LogP contribution in [0.1, 0.15) is 57.8 Å². The average Bonchev–Trinajstić information content (AvgIpc) is 2.89.